The minimum atomic E-state index is -1.05. The SMILES string of the molecule is CC(C)C(=O)CC(O)CC(O)CC(O)/C=C/CC(O)CC(O)CC(O)CC(O)/C=C/CC(O)CC(O)CCCNCc1ccc([N+](=O)[O-])cc1. The fourth-order valence-corrected chi connectivity index (χ4v) is 5.34. The number of carbonyl (C=O) groups excluding carboxylic acids is 1. The number of rotatable bonds is 28. The highest BCUT2D eigenvalue weighted by Gasteiger charge is 2.20. The molecule has 0 saturated carbocycles. The van der Waals surface area contributed by atoms with E-state index in [1.54, 1.807) is 32.1 Å². The van der Waals surface area contributed by atoms with Gasteiger partial charge in [0.1, 0.15) is 5.78 Å². The molecule has 10 N–H and O–H groups in total. The Bertz CT molecular complexity index is 1130. The number of aliphatic hydroxyl groups excluding tert-OH is 9. The molecule has 1 aromatic carbocycles. The molecule has 286 valence electrons. The molecule has 0 aromatic heterocycles. The second-order valence-corrected chi connectivity index (χ2v) is 13.5. The first-order chi connectivity index (χ1) is 23.5. The maximum atomic E-state index is 11.7. The summed E-state index contributed by atoms with van der Waals surface area (Å²) in [7, 11) is 0. The average Bonchev–Trinajstić information content (AvgIpc) is 3.00. The van der Waals surface area contributed by atoms with E-state index in [9.17, 15) is 60.9 Å². The summed E-state index contributed by atoms with van der Waals surface area (Å²) in [5, 5.41) is 105. The number of hydrogen-bond acceptors (Lipinski definition) is 13. The number of nitro benzene ring substituents is 1. The molecule has 14 heteroatoms. The normalized spacial score (nSPS) is 17.8. The van der Waals surface area contributed by atoms with Gasteiger partial charge in [-0.2, -0.15) is 0 Å². The molecular formula is C36H60N2O12. The molecule has 0 amide bonds. The molecule has 0 heterocycles. The zero-order valence-electron chi connectivity index (χ0n) is 29.3. The largest absolute Gasteiger partial charge is 0.393 e. The Hall–Kier alpha value is -2.63. The van der Waals surface area contributed by atoms with Crippen molar-refractivity contribution in [2.75, 3.05) is 6.54 Å². The zero-order chi connectivity index (χ0) is 37.6. The summed E-state index contributed by atoms with van der Waals surface area (Å²) in [4.78, 5) is 22.0. The topological polar surface area (TPSA) is 254 Å². The summed E-state index contributed by atoms with van der Waals surface area (Å²) < 4.78 is 0. The lowest BCUT2D eigenvalue weighted by Crippen LogP contribution is -2.25. The van der Waals surface area contributed by atoms with E-state index in [4.69, 9.17) is 0 Å². The molecule has 0 spiro atoms. The van der Waals surface area contributed by atoms with Crippen LogP contribution in [0.1, 0.15) is 90.0 Å². The number of carbonyl (C=O) groups is 1. The molecule has 0 bridgehead atoms. The molecule has 0 fully saturated rings. The smallest absolute Gasteiger partial charge is 0.269 e. The summed E-state index contributed by atoms with van der Waals surface area (Å²) in [5.74, 6) is -0.323. The zero-order valence-corrected chi connectivity index (χ0v) is 29.3. The molecule has 1 rings (SSSR count). The Morgan fingerprint density at radius 2 is 1.16 bits per heavy atom. The lowest BCUT2D eigenvalue weighted by molar-refractivity contribution is -0.384. The third-order valence-electron chi connectivity index (χ3n) is 8.18. The average molecular weight is 713 g/mol. The Labute approximate surface area is 295 Å². The van der Waals surface area contributed by atoms with Crippen LogP contribution < -0.4 is 5.32 Å². The van der Waals surface area contributed by atoms with Gasteiger partial charge in [0.25, 0.3) is 5.69 Å². The molecule has 9 unspecified atom stereocenters. The lowest BCUT2D eigenvalue weighted by atomic mass is 9.97. The lowest BCUT2D eigenvalue weighted by Gasteiger charge is -2.19. The molecule has 0 aliphatic heterocycles. The molecule has 9 atom stereocenters. The van der Waals surface area contributed by atoms with Gasteiger partial charge in [0.2, 0.25) is 0 Å². The van der Waals surface area contributed by atoms with Crippen molar-refractivity contribution < 1.29 is 55.7 Å². The van der Waals surface area contributed by atoms with Crippen LogP contribution in [-0.4, -0.2) is 118 Å². The summed E-state index contributed by atoms with van der Waals surface area (Å²) in [6.45, 7) is 4.62. The van der Waals surface area contributed by atoms with Crippen LogP contribution in [0.5, 0.6) is 0 Å². The minimum Gasteiger partial charge on any atom is -0.393 e. The predicted molar refractivity (Wildman–Crippen MR) is 188 cm³/mol. The van der Waals surface area contributed by atoms with Crippen LogP contribution >= 0.6 is 0 Å². The third kappa shape index (κ3) is 22.2. The number of non-ortho nitro benzene ring substituents is 1. The van der Waals surface area contributed by atoms with Gasteiger partial charge in [-0.3, -0.25) is 14.9 Å². The van der Waals surface area contributed by atoms with Crippen LogP contribution in [0.4, 0.5) is 5.69 Å². The molecule has 50 heavy (non-hydrogen) atoms. The van der Waals surface area contributed by atoms with Crippen molar-refractivity contribution in [1.82, 2.24) is 5.32 Å². The van der Waals surface area contributed by atoms with Gasteiger partial charge in [-0.25, -0.2) is 0 Å². The van der Waals surface area contributed by atoms with Gasteiger partial charge in [-0.05, 0) is 63.5 Å². The first-order valence-electron chi connectivity index (χ1n) is 17.5. The van der Waals surface area contributed by atoms with Gasteiger partial charge in [0, 0.05) is 43.9 Å². The molecule has 0 aliphatic carbocycles. The van der Waals surface area contributed by atoms with Crippen molar-refractivity contribution in [3.8, 4) is 0 Å². The highest BCUT2D eigenvalue weighted by Crippen LogP contribution is 2.16. The van der Waals surface area contributed by atoms with Crippen molar-refractivity contribution in [3.63, 3.8) is 0 Å². The number of benzene rings is 1. The van der Waals surface area contributed by atoms with E-state index in [-0.39, 0.29) is 75.2 Å². The Morgan fingerprint density at radius 1 is 0.700 bits per heavy atom. The van der Waals surface area contributed by atoms with E-state index >= 15 is 0 Å². The fourth-order valence-electron chi connectivity index (χ4n) is 5.34. The van der Waals surface area contributed by atoms with Crippen LogP contribution in [0.3, 0.4) is 0 Å². The number of Topliss-reactive ketones (excluding diaryl/α,β-unsaturated/α-hetero) is 1. The van der Waals surface area contributed by atoms with Gasteiger partial charge in [-0.1, -0.05) is 50.3 Å². The van der Waals surface area contributed by atoms with Gasteiger partial charge < -0.3 is 51.3 Å². The van der Waals surface area contributed by atoms with Crippen molar-refractivity contribution in [3.05, 3.63) is 64.2 Å². The van der Waals surface area contributed by atoms with Crippen molar-refractivity contribution in [2.24, 2.45) is 5.92 Å². The van der Waals surface area contributed by atoms with E-state index < -0.39 is 59.9 Å². The van der Waals surface area contributed by atoms with Gasteiger partial charge in [0.15, 0.2) is 0 Å². The molecular weight excluding hydrogens is 652 g/mol. The Balaban J connectivity index is 2.21. The standard InChI is InChI=1S/C36H60N2O12/c1-24(2)36(48)22-35(47)21-34(46)19-30(42)9-4-8-29(41)18-33(45)20-32(44)17-28(40)7-3-6-27(39)16-31(43)10-5-15-37-23-25-11-13-26(14-12-25)38(49)50/h3-4,7,9,11-14,24,27-35,37,39-47H,5-6,8,10,15-23H2,1-2H3/b7-3+,9-4+. The first kappa shape index (κ1) is 45.4. The number of nitrogens with one attached hydrogen (secondary N) is 1. The van der Waals surface area contributed by atoms with Crippen molar-refractivity contribution in [2.45, 2.75) is 146 Å². The molecule has 14 nitrogen and oxygen atoms in total. The quantitative estimate of drug-likeness (QED) is 0.0257. The highest BCUT2D eigenvalue weighted by molar-refractivity contribution is 5.80. The predicted octanol–water partition coefficient (Wildman–Crippen LogP) is 1.56. The van der Waals surface area contributed by atoms with Crippen molar-refractivity contribution in [1.29, 1.82) is 0 Å². The number of ketones is 1. The molecule has 0 aliphatic rings. The highest BCUT2D eigenvalue weighted by atomic mass is 16.6. The fraction of sp³-hybridized carbons (Fsp3) is 0.694. The molecule has 0 radical (unpaired) electrons. The van der Waals surface area contributed by atoms with Crippen LogP contribution in [0.15, 0.2) is 48.6 Å². The number of aliphatic hydroxyl groups is 9. The number of hydrogen-bond donors (Lipinski definition) is 10. The van der Waals surface area contributed by atoms with Gasteiger partial charge in [0.05, 0.1) is 59.9 Å². The third-order valence-corrected chi connectivity index (χ3v) is 8.18. The minimum absolute atomic E-state index is 0.0329. The van der Waals surface area contributed by atoms with Crippen molar-refractivity contribution >= 4 is 11.5 Å². The maximum absolute atomic E-state index is 11.7. The van der Waals surface area contributed by atoms with Gasteiger partial charge >= 0.3 is 0 Å². The summed E-state index contributed by atoms with van der Waals surface area (Å²) >= 11 is 0. The Kier molecular flexibility index (Phi) is 23.0. The number of nitrogens with zero attached hydrogens (tertiary/aromatic N) is 1. The van der Waals surface area contributed by atoms with E-state index in [1.807, 2.05) is 0 Å². The van der Waals surface area contributed by atoms with Gasteiger partial charge in [-0.15, -0.1) is 0 Å². The van der Waals surface area contributed by atoms with E-state index in [1.165, 1.54) is 30.4 Å². The number of nitro groups is 1. The monoisotopic (exact) mass is 712 g/mol. The second kappa shape index (κ2) is 25.3. The van der Waals surface area contributed by atoms with Crippen LogP contribution in [0, 0.1) is 16.0 Å². The summed E-state index contributed by atoms with van der Waals surface area (Å²) in [5.41, 5.74) is 0.939. The van der Waals surface area contributed by atoms with E-state index in [0.717, 1.165) is 5.56 Å². The van der Waals surface area contributed by atoms with E-state index in [0.29, 0.717) is 25.9 Å². The first-order valence-corrected chi connectivity index (χ1v) is 17.5. The maximum Gasteiger partial charge on any atom is 0.269 e. The van der Waals surface area contributed by atoms with Crippen LogP contribution in [0.25, 0.3) is 0 Å². The Morgan fingerprint density at radius 3 is 1.66 bits per heavy atom. The molecule has 0 saturated heterocycles. The van der Waals surface area contributed by atoms with Crippen LogP contribution in [-0.2, 0) is 11.3 Å². The van der Waals surface area contributed by atoms with Crippen LogP contribution in [0.2, 0.25) is 0 Å². The summed E-state index contributed by atoms with van der Waals surface area (Å²) in [6.07, 6.45) is -1.55. The van der Waals surface area contributed by atoms with E-state index in [2.05, 4.69) is 5.32 Å². The summed E-state index contributed by atoms with van der Waals surface area (Å²) in [6, 6.07) is 6.26. The second-order valence-electron chi connectivity index (χ2n) is 13.5. The molecule has 1 aromatic rings.